The summed E-state index contributed by atoms with van der Waals surface area (Å²) in [6.07, 6.45) is 0. The van der Waals surface area contributed by atoms with Crippen molar-refractivity contribution in [3.8, 4) is 51.0 Å². The molecule has 0 unspecified atom stereocenters. The Morgan fingerprint density at radius 1 is 0.275 bits per heavy atom. The van der Waals surface area contributed by atoms with Gasteiger partial charge < -0.3 is 13.4 Å². The number of fused-ring (bicyclic) bond motifs is 13. The lowest BCUT2D eigenvalue weighted by Crippen LogP contribution is -2.00. The quantitative estimate of drug-likeness (QED) is 0.172. The van der Waals surface area contributed by atoms with Crippen molar-refractivity contribution in [3.63, 3.8) is 0 Å². The van der Waals surface area contributed by atoms with Gasteiger partial charge in [-0.3, -0.25) is 0 Å². The highest BCUT2D eigenvalue weighted by Crippen LogP contribution is 2.44. The summed E-state index contributed by atoms with van der Waals surface area (Å²) in [6.45, 7) is 0. The highest BCUT2D eigenvalue weighted by Gasteiger charge is 2.22. The third-order valence-corrected chi connectivity index (χ3v) is 14.0. The van der Waals surface area contributed by atoms with Crippen molar-refractivity contribution in [2.24, 2.45) is 0 Å². The molecule has 0 saturated heterocycles. The minimum atomic E-state index is 0.559. The Bertz CT molecular complexity index is 4510. The Balaban J connectivity index is 0.932. The molecule has 0 atom stereocenters. The molecule has 15 aromatic rings. The molecule has 0 saturated carbocycles. The van der Waals surface area contributed by atoms with Crippen molar-refractivity contribution < 1.29 is 8.83 Å². The maximum absolute atomic E-state index is 6.88. The van der Waals surface area contributed by atoms with Gasteiger partial charge in [0.1, 0.15) is 22.3 Å². The molecule has 69 heavy (non-hydrogen) atoms. The Labute approximate surface area is 394 Å². The van der Waals surface area contributed by atoms with Gasteiger partial charge in [-0.05, 0) is 98.7 Å². The standard InChI is InChI=1S/C63H36N4O2/c1-2-12-37(13-3-1)38-22-24-39(25-23-38)61-64-62(66-63(65-61)45-26-28-48-47-19-10-11-21-56(47)68-58(48)35-45)44-27-29-57-52(32-44)60-49-20-9-8-18-46(49)55(36-59(60)69-57)67-53-33-42-16-6-4-14-40(42)30-50(53)51-31-41-15-5-7-17-43(41)34-54(51)67/h1-36H. The van der Waals surface area contributed by atoms with Crippen LogP contribution in [0.2, 0.25) is 0 Å². The van der Waals surface area contributed by atoms with E-state index in [0.717, 1.165) is 99.2 Å². The van der Waals surface area contributed by atoms with E-state index in [9.17, 15) is 0 Å². The molecule has 0 fully saturated rings. The van der Waals surface area contributed by atoms with E-state index >= 15 is 0 Å². The van der Waals surface area contributed by atoms with E-state index in [1.54, 1.807) is 0 Å². The topological polar surface area (TPSA) is 69.9 Å². The van der Waals surface area contributed by atoms with Crippen LogP contribution in [0.5, 0.6) is 0 Å². The number of nitrogens with zero attached hydrogens (tertiary/aromatic N) is 4. The van der Waals surface area contributed by atoms with E-state index in [1.807, 2.05) is 30.3 Å². The van der Waals surface area contributed by atoms with Gasteiger partial charge in [-0.1, -0.05) is 152 Å². The average Bonchev–Trinajstić information content (AvgIpc) is 4.08. The van der Waals surface area contributed by atoms with Crippen LogP contribution >= 0.6 is 0 Å². The smallest absolute Gasteiger partial charge is 0.164 e. The van der Waals surface area contributed by atoms with Crippen molar-refractivity contribution in [3.05, 3.63) is 218 Å². The van der Waals surface area contributed by atoms with Gasteiger partial charge in [0.25, 0.3) is 0 Å². The number of benzene rings is 11. The zero-order chi connectivity index (χ0) is 45.2. The minimum absolute atomic E-state index is 0.559. The fourth-order valence-electron chi connectivity index (χ4n) is 10.7. The summed E-state index contributed by atoms with van der Waals surface area (Å²) in [5.41, 5.74) is 11.5. The molecule has 0 aliphatic carbocycles. The molecule has 6 heteroatoms. The van der Waals surface area contributed by atoms with Gasteiger partial charge in [-0.25, -0.2) is 15.0 Å². The minimum Gasteiger partial charge on any atom is -0.456 e. The Hall–Kier alpha value is -9.39. The van der Waals surface area contributed by atoms with Crippen molar-refractivity contribution >= 4 is 98.0 Å². The predicted molar refractivity (Wildman–Crippen MR) is 283 cm³/mol. The lowest BCUT2D eigenvalue weighted by molar-refractivity contribution is 0.668. The molecule has 0 bridgehead atoms. The first-order valence-corrected chi connectivity index (χ1v) is 23.2. The lowest BCUT2D eigenvalue weighted by atomic mass is 10.0. The third-order valence-electron chi connectivity index (χ3n) is 14.0. The van der Waals surface area contributed by atoms with Gasteiger partial charge in [0, 0.05) is 60.5 Å². The van der Waals surface area contributed by atoms with Crippen LogP contribution < -0.4 is 0 Å². The molecule has 4 heterocycles. The second-order valence-corrected chi connectivity index (χ2v) is 18.0. The highest BCUT2D eigenvalue weighted by atomic mass is 16.3. The molecule has 0 spiro atoms. The Kier molecular flexibility index (Phi) is 7.97. The molecular formula is C63H36N4O2. The molecule has 0 radical (unpaired) electrons. The molecule has 0 aliphatic heterocycles. The number of hydrogen-bond acceptors (Lipinski definition) is 5. The van der Waals surface area contributed by atoms with Crippen LogP contribution in [0.3, 0.4) is 0 Å². The fourth-order valence-corrected chi connectivity index (χ4v) is 10.7. The van der Waals surface area contributed by atoms with Crippen molar-refractivity contribution in [1.82, 2.24) is 19.5 Å². The van der Waals surface area contributed by atoms with E-state index in [0.29, 0.717) is 17.5 Å². The summed E-state index contributed by atoms with van der Waals surface area (Å²) >= 11 is 0. The molecular weight excluding hydrogens is 845 g/mol. The van der Waals surface area contributed by atoms with Gasteiger partial charge in [0.2, 0.25) is 0 Å². The van der Waals surface area contributed by atoms with E-state index in [4.69, 9.17) is 23.8 Å². The fraction of sp³-hybridized carbons (Fsp3) is 0. The first kappa shape index (κ1) is 37.8. The molecule has 0 aliphatic rings. The molecule has 0 amide bonds. The van der Waals surface area contributed by atoms with Gasteiger partial charge >= 0.3 is 0 Å². The largest absolute Gasteiger partial charge is 0.456 e. The molecule has 6 nitrogen and oxygen atoms in total. The Morgan fingerprint density at radius 2 is 0.754 bits per heavy atom. The zero-order valence-corrected chi connectivity index (χ0v) is 36.9. The first-order valence-electron chi connectivity index (χ1n) is 23.2. The highest BCUT2D eigenvalue weighted by molar-refractivity contribution is 6.23. The van der Waals surface area contributed by atoms with E-state index < -0.39 is 0 Å². The molecule has 11 aromatic carbocycles. The van der Waals surface area contributed by atoms with Gasteiger partial charge in [0.15, 0.2) is 17.5 Å². The monoisotopic (exact) mass is 880 g/mol. The number of aromatic nitrogens is 4. The maximum atomic E-state index is 6.88. The lowest BCUT2D eigenvalue weighted by Gasteiger charge is -2.13. The van der Waals surface area contributed by atoms with Crippen LogP contribution in [-0.4, -0.2) is 19.5 Å². The summed E-state index contributed by atoms with van der Waals surface area (Å²) in [5, 5.41) is 13.7. The molecule has 15 rings (SSSR count). The molecule has 320 valence electrons. The van der Waals surface area contributed by atoms with Crippen molar-refractivity contribution in [2.75, 3.05) is 0 Å². The second kappa shape index (κ2) is 14.6. The van der Waals surface area contributed by atoms with Crippen LogP contribution in [-0.2, 0) is 0 Å². The summed E-state index contributed by atoms with van der Waals surface area (Å²) in [7, 11) is 0. The maximum Gasteiger partial charge on any atom is 0.164 e. The first-order chi connectivity index (χ1) is 34.1. The SMILES string of the molecule is c1ccc(-c2ccc(-c3nc(-c4ccc5c(c4)oc4ccccc45)nc(-c4ccc5oc6cc(-n7c8cc9ccccc9cc8c8cc9ccccc9cc87)c7ccccc7c6c5c4)n3)cc2)cc1. The van der Waals surface area contributed by atoms with E-state index in [2.05, 4.69) is 193 Å². The molecule has 4 aromatic heterocycles. The van der Waals surface area contributed by atoms with Crippen molar-refractivity contribution in [2.45, 2.75) is 0 Å². The summed E-state index contributed by atoms with van der Waals surface area (Å²) < 4.78 is 15.7. The number of para-hydroxylation sites is 1. The van der Waals surface area contributed by atoms with E-state index in [1.165, 1.54) is 32.3 Å². The summed E-state index contributed by atoms with van der Waals surface area (Å²) in [5.74, 6) is 1.70. The van der Waals surface area contributed by atoms with Crippen molar-refractivity contribution in [1.29, 1.82) is 0 Å². The van der Waals surface area contributed by atoms with Crippen LogP contribution in [0, 0.1) is 0 Å². The zero-order valence-electron chi connectivity index (χ0n) is 36.9. The van der Waals surface area contributed by atoms with Crippen LogP contribution in [0.15, 0.2) is 227 Å². The predicted octanol–water partition coefficient (Wildman–Crippen LogP) is 16.9. The molecule has 0 N–H and O–H groups in total. The van der Waals surface area contributed by atoms with Crippen LogP contribution in [0.25, 0.3) is 149 Å². The number of hydrogen-bond donors (Lipinski definition) is 0. The average molecular weight is 881 g/mol. The number of rotatable bonds is 5. The van der Waals surface area contributed by atoms with Crippen LogP contribution in [0.1, 0.15) is 0 Å². The third kappa shape index (κ3) is 5.89. The second-order valence-electron chi connectivity index (χ2n) is 18.0. The normalized spacial score (nSPS) is 12.1. The number of furan rings is 2. The van der Waals surface area contributed by atoms with Crippen LogP contribution in [0.4, 0.5) is 0 Å². The van der Waals surface area contributed by atoms with Gasteiger partial charge in [0.05, 0.1) is 16.7 Å². The summed E-state index contributed by atoms with van der Waals surface area (Å²) in [4.78, 5) is 15.5. The Morgan fingerprint density at radius 3 is 1.45 bits per heavy atom. The van der Waals surface area contributed by atoms with Gasteiger partial charge in [-0.2, -0.15) is 0 Å². The summed E-state index contributed by atoms with van der Waals surface area (Å²) in [6, 6.07) is 77.0. The van der Waals surface area contributed by atoms with Gasteiger partial charge in [-0.15, -0.1) is 0 Å². The van der Waals surface area contributed by atoms with E-state index in [-0.39, 0.29) is 0 Å².